The second-order valence-electron chi connectivity index (χ2n) is 5.22. The van der Waals surface area contributed by atoms with Gasteiger partial charge in [0.25, 0.3) is 0 Å². The van der Waals surface area contributed by atoms with Crippen LogP contribution in [0, 0.1) is 0 Å². The van der Waals surface area contributed by atoms with Crippen LogP contribution in [-0.4, -0.2) is 29.8 Å². The molecule has 0 aliphatic carbocycles. The number of carboxylic acid groups (broad SMARTS) is 2. The van der Waals surface area contributed by atoms with Crippen molar-refractivity contribution >= 4 is 19.6 Å². The van der Waals surface area contributed by atoms with Crippen molar-refractivity contribution < 1.29 is 46.7 Å². The van der Waals surface area contributed by atoms with Crippen LogP contribution in [0.2, 0.25) is 0 Å². The summed E-state index contributed by atoms with van der Waals surface area (Å²) in [5.74, 6) is -13.2. The van der Waals surface area contributed by atoms with Gasteiger partial charge in [0.1, 0.15) is 11.5 Å². The van der Waals surface area contributed by atoms with Gasteiger partial charge in [-0.2, -0.15) is 17.6 Å². The zero-order chi connectivity index (χ0) is 20.2. The van der Waals surface area contributed by atoms with E-state index in [2.05, 4.69) is 0 Å². The summed E-state index contributed by atoms with van der Waals surface area (Å²) in [6.07, 6.45) is 0. The van der Waals surface area contributed by atoms with Crippen molar-refractivity contribution in [3.05, 3.63) is 59.7 Å². The van der Waals surface area contributed by atoms with E-state index in [1.54, 1.807) is 0 Å². The minimum absolute atomic E-state index is 0.138. The summed E-state index contributed by atoms with van der Waals surface area (Å²) in [6.45, 7) is 0. The first kappa shape index (κ1) is 20.1. The topological polar surface area (TPSA) is 93.1 Å². The lowest BCUT2D eigenvalue weighted by atomic mass is 10.1. The summed E-state index contributed by atoms with van der Waals surface area (Å²) in [5, 5.41) is 17.0. The summed E-state index contributed by atoms with van der Waals surface area (Å²) >= 11 is 0. The highest BCUT2D eigenvalue weighted by molar-refractivity contribution is 6.20. The predicted octanol–water partition coefficient (Wildman–Crippen LogP) is 2.76. The number of hydrogen-bond donors (Lipinski definition) is 2. The molecule has 0 saturated carbocycles. The molecule has 0 saturated heterocycles. The van der Waals surface area contributed by atoms with E-state index < -0.39 is 42.6 Å². The van der Waals surface area contributed by atoms with Crippen LogP contribution >= 0.6 is 0 Å². The fraction of sp³-hybridized carbons (Fsp3) is 0.125. The molecule has 0 unspecified atom stereocenters. The Morgan fingerprint density at radius 3 is 1.48 bits per heavy atom. The van der Waals surface area contributed by atoms with E-state index in [1.807, 2.05) is 0 Å². The van der Waals surface area contributed by atoms with Gasteiger partial charge in [0.05, 0.1) is 0 Å². The molecular formula is C16H11BF4O6. The van der Waals surface area contributed by atoms with Crippen LogP contribution < -0.4 is 9.31 Å². The minimum Gasteiger partial charge on any atom is -0.529 e. The van der Waals surface area contributed by atoms with Crippen molar-refractivity contribution in [2.75, 3.05) is 0 Å². The van der Waals surface area contributed by atoms with Crippen molar-refractivity contribution in [2.24, 2.45) is 0 Å². The van der Waals surface area contributed by atoms with Gasteiger partial charge in [-0.3, -0.25) is 0 Å². The number of aliphatic carboxylic acids is 2. The van der Waals surface area contributed by atoms with Crippen LogP contribution in [-0.2, 0) is 21.4 Å². The molecular weight excluding hydrogens is 375 g/mol. The minimum atomic E-state index is -4.11. The molecule has 0 aromatic heterocycles. The molecule has 0 fully saturated rings. The van der Waals surface area contributed by atoms with Gasteiger partial charge >= 0.3 is 31.5 Å². The molecule has 2 aromatic rings. The van der Waals surface area contributed by atoms with Crippen LogP contribution in [0.15, 0.2) is 48.5 Å². The van der Waals surface area contributed by atoms with E-state index in [4.69, 9.17) is 19.5 Å². The van der Waals surface area contributed by atoms with E-state index in [9.17, 15) is 27.2 Å². The third kappa shape index (κ3) is 4.49. The molecule has 2 N–H and O–H groups in total. The number of hydrogen-bond acceptors (Lipinski definition) is 4. The Morgan fingerprint density at radius 1 is 0.778 bits per heavy atom. The lowest BCUT2D eigenvalue weighted by Crippen LogP contribution is -2.25. The largest absolute Gasteiger partial charge is 0.576 e. The lowest BCUT2D eigenvalue weighted by molar-refractivity contribution is -0.166. The number of alkyl halides is 4. The Hall–Kier alpha value is -3.24. The fourth-order valence-corrected chi connectivity index (χ4v) is 1.97. The van der Waals surface area contributed by atoms with Gasteiger partial charge in [0.15, 0.2) is 0 Å². The summed E-state index contributed by atoms with van der Waals surface area (Å²) in [5.41, 5.74) is -1.62. The van der Waals surface area contributed by atoms with Crippen LogP contribution in [0.25, 0.3) is 0 Å². The third-order valence-electron chi connectivity index (χ3n) is 3.38. The van der Waals surface area contributed by atoms with Crippen molar-refractivity contribution in [2.45, 2.75) is 11.8 Å². The molecule has 2 aromatic carbocycles. The molecule has 27 heavy (non-hydrogen) atoms. The summed E-state index contributed by atoms with van der Waals surface area (Å²) in [6, 6.07) is 8.22. The average Bonchev–Trinajstić information content (AvgIpc) is 2.62. The van der Waals surface area contributed by atoms with Gasteiger partial charge in [-0.15, -0.1) is 0 Å². The fourth-order valence-electron chi connectivity index (χ4n) is 1.97. The molecule has 0 spiro atoms. The lowest BCUT2D eigenvalue weighted by Gasteiger charge is -2.14. The molecule has 6 nitrogen and oxygen atoms in total. The summed E-state index contributed by atoms with van der Waals surface area (Å²) in [7, 11) is -0.579. The van der Waals surface area contributed by atoms with Gasteiger partial charge in [-0.1, -0.05) is 24.3 Å². The second-order valence-corrected chi connectivity index (χ2v) is 5.22. The van der Waals surface area contributed by atoms with Crippen LogP contribution in [0.4, 0.5) is 17.6 Å². The molecule has 11 heteroatoms. The molecule has 0 atom stereocenters. The molecule has 0 heterocycles. The molecule has 0 bridgehead atoms. The Morgan fingerprint density at radius 2 is 1.15 bits per heavy atom. The summed E-state index contributed by atoms with van der Waals surface area (Å²) in [4.78, 5) is 21.1. The maximum absolute atomic E-state index is 13.5. The third-order valence-corrected chi connectivity index (χ3v) is 3.38. The van der Waals surface area contributed by atoms with Crippen molar-refractivity contribution in [3.63, 3.8) is 0 Å². The quantitative estimate of drug-likeness (QED) is 0.536. The van der Waals surface area contributed by atoms with Crippen LogP contribution in [0.3, 0.4) is 0 Å². The first-order chi connectivity index (χ1) is 12.5. The zero-order valence-electron chi connectivity index (χ0n) is 13.4. The maximum Gasteiger partial charge on any atom is 0.576 e. The molecule has 0 amide bonds. The molecule has 0 aliphatic rings. The monoisotopic (exact) mass is 386 g/mol. The van der Waals surface area contributed by atoms with Gasteiger partial charge in [-0.25, -0.2) is 9.59 Å². The average molecular weight is 386 g/mol. The highest BCUT2D eigenvalue weighted by Crippen LogP contribution is 2.31. The van der Waals surface area contributed by atoms with Crippen molar-refractivity contribution in [1.29, 1.82) is 0 Å². The highest BCUT2D eigenvalue weighted by Gasteiger charge is 2.42. The second kappa shape index (κ2) is 7.56. The SMILES string of the molecule is O=C(O)C(F)(F)c1cccc(OBOc2cccc(C(F)(F)C(=O)O)c2)c1. The molecule has 0 radical (unpaired) electrons. The number of carboxylic acids is 2. The van der Waals surface area contributed by atoms with E-state index in [0.29, 0.717) is 0 Å². The van der Waals surface area contributed by atoms with Crippen LogP contribution in [0.5, 0.6) is 11.5 Å². The highest BCUT2D eigenvalue weighted by atomic mass is 19.3. The molecule has 2 rings (SSSR count). The Balaban J connectivity index is 2.06. The van der Waals surface area contributed by atoms with Gasteiger partial charge in [0.2, 0.25) is 0 Å². The molecule has 0 aliphatic heterocycles. The predicted molar refractivity (Wildman–Crippen MR) is 84.3 cm³/mol. The number of carbonyl (C=O) groups is 2. The zero-order valence-corrected chi connectivity index (χ0v) is 13.4. The van der Waals surface area contributed by atoms with E-state index in [1.165, 1.54) is 12.1 Å². The van der Waals surface area contributed by atoms with E-state index in [-0.39, 0.29) is 11.5 Å². The van der Waals surface area contributed by atoms with Crippen molar-refractivity contribution in [1.82, 2.24) is 0 Å². The number of rotatable bonds is 8. The Kier molecular flexibility index (Phi) is 5.62. The number of halogens is 4. The van der Waals surface area contributed by atoms with Crippen molar-refractivity contribution in [3.8, 4) is 11.5 Å². The normalized spacial score (nSPS) is 11.6. The van der Waals surface area contributed by atoms with Gasteiger partial charge in [-0.05, 0) is 24.3 Å². The maximum atomic E-state index is 13.5. The molecule has 142 valence electrons. The van der Waals surface area contributed by atoms with E-state index >= 15 is 0 Å². The first-order valence-electron chi connectivity index (χ1n) is 7.24. The Bertz CT molecular complexity index is 789. The summed E-state index contributed by atoms with van der Waals surface area (Å²) < 4.78 is 63.9. The standard InChI is InChI=1S/C16H11BF4O6/c18-15(19,13(22)23)9-3-1-5-11(7-9)26-17-27-12-6-2-4-10(8-12)16(20,21)14(24)25/h1-8,17H,(H,22,23)(H,24,25). The van der Waals surface area contributed by atoms with Crippen LogP contribution in [0.1, 0.15) is 11.1 Å². The smallest absolute Gasteiger partial charge is 0.529 e. The van der Waals surface area contributed by atoms with Gasteiger partial charge in [0, 0.05) is 11.1 Å². The first-order valence-corrected chi connectivity index (χ1v) is 7.24. The number of benzene rings is 2. The van der Waals surface area contributed by atoms with E-state index in [0.717, 1.165) is 36.4 Å². The van der Waals surface area contributed by atoms with Gasteiger partial charge < -0.3 is 19.5 Å². The Labute approximate surface area is 150 Å².